The zero-order valence-corrected chi connectivity index (χ0v) is 13.4. The van der Waals surface area contributed by atoms with Crippen molar-refractivity contribution in [1.29, 1.82) is 0 Å². The number of aliphatic hydroxyl groups excluding tert-OH is 1. The highest BCUT2D eigenvalue weighted by Crippen LogP contribution is 2.27. The first kappa shape index (κ1) is 17.2. The molecule has 2 atom stereocenters. The average Bonchev–Trinajstić information content (AvgIpc) is 2.52. The molecule has 1 aliphatic rings. The number of para-hydroxylation sites is 1. The van der Waals surface area contributed by atoms with Crippen LogP contribution in [0.2, 0.25) is 0 Å². The van der Waals surface area contributed by atoms with Gasteiger partial charge in [-0.25, -0.2) is 0 Å². The Morgan fingerprint density at radius 3 is 2.68 bits per heavy atom. The second-order valence-corrected chi connectivity index (χ2v) is 6.07. The molecule has 124 valence electrons. The summed E-state index contributed by atoms with van der Waals surface area (Å²) >= 11 is 0. The van der Waals surface area contributed by atoms with Crippen LogP contribution >= 0.6 is 0 Å². The van der Waals surface area contributed by atoms with Crippen LogP contribution in [-0.2, 0) is 4.74 Å². The highest BCUT2D eigenvalue weighted by Gasteiger charge is 2.32. The molecular formula is C17H27NO4. The summed E-state index contributed by atoms with van der Waals surface area (Å²) in [7, 11) is 1.65. The molecular weight excluding hydrogens is 282 g/mol. The Morgan fingerprint density at radius 2 is 2.00 bits per heavy atom. The highest BCUT2D eigenvalue weighted by atomic mass is 16.5. The summed E-state index contributed by atoms with van der Waals surface area (Å²) in [5.41, 5.74) is 0.259. The molecule has 1 aromatic rings. The van der Waals surface area contributed by atoms with Crippen molar-refractivity contribution in [3.05, 3.63) is 29.8 Å². The monoisotopic (exact) mass is 309 g/mol. The van der Waals surface area contributed by atoms with Crippen LogP contribution < -0.4 is 10.1 Å². The van der Waals surface area contributed by atoms with Crippen LogP contribution in [0.1, 0.15) is 37.8 Å². The van der Waals surface area contributed by atoms with Crippen LogP contribution in [0.25, 0.3) is 0 Å². The largest absolute Gasteiger partial charge is 0.496 e. The Morgan fingerprint density at radius 1 is 1.32 bits per heavy atom. The molecule has 1 aromatic carbocycles. The van der Waals surface area contributed by atoms with Gasteiger partial charge in [-0.2, -0.15) is 0 Å². The van der Waals surface area contributed by atoms with Crippen molar-refractivity contribution in [2.45, 2.75) is 43.9 Å². The molecule has 1 fully saturated rings. The van der Waals surface area contributed by atoms with Gasteiger partial charge in [0.15, 0.2) is 0 Å². The fourth-order valence-corrected chi connectivity index (χ4v) is 2.91. The number of methoxy groups -OCH3 is 1. The molecule has 22 heavy (non-hydrogen) atoms. The number of nitrogens with one attached hydrogen (secondary N) is 1. The second kappa shape index (κ2) is 7.92. The predicted octanol–water partition coefficient (Wildman–Crippen LogP) is 1.64. The molecule has 1 heterocycles. The Labute approximate surface area is 132 Å². The Kier molecular flexibility index (Phi) is 6.20. The molecule has 0 spiro atoms. The number of aliphatic hydroxyl groups is 2. The van der Waals surface area contributed by atoms with Gasteiger partial charge < -0.3 is 25.0 Å². The van der Waals surface area contributed by atoms with Crippen LogP contribution in [-0.4, -0.2) is 48.8 Å². The normalized spacial score (nSPS) is 20.4. The van der Waals surface area contributed by atoms with Gasteiger partial charge >= 0.3 is 0 Å². The van der Waals surface area contributed by atoms with Gasteiger partial charge in [0.25, 0.3) is 0 Å². The summed E-state index contributed by atoms with van der Waals surface area (Å²) in [6.45, 7) is 3.60. The van der Waals surface area contributed by atoms with E-state index in [9.17, 15) is 10.2 Å². The van der Waals surface area contributed by atoms with Crippen molar-refractivity contribution in [2.24, 2.45) is 0 Å². The first-order chi connectivity index (χ1) is 10.5. The van der Waals surface area contributed by atoms with Gasteiger partial charge in [-0.05, 0) is 25.8 Å². The Balaban J connectivity index is 1.83. The minimum absolute atomic E-state index is 0.0649. The molecule has 0 aromatic heterocycles. The maximum Gasteiger partial charge on any atom is 0.123 e. The first-order valence-electron chi connectivity index (χ1n) is 7.88. The molecule has 0 radical (unpaired) electrons. The van der Waals surface area contributed by atoms with E-state index in [0.29, 0.717) is 39.0 Å². The Bertz CT molecular complexity index is 460. The lowest BCUT2D eigenvalue weighted by Crippen LogP contribution is -2.42. The fraction of sp³-hybridized carbons (Fsp3) is 0.647. The summed E-state index contributed by atoms with van der Waals surface area (Å²) < 4.78 is 10.6. The molecule has 2 unspecified atom stereocenters. The van der Waals surface area contributed by atoms with Crippen molar-refractivity contribution < 1.29 is 19.7 Å². The average molecular weight is 309 g/mol. The lowest BCUT2D eigenvalue weighted by molar-refractivity contribution is -0.0862. The quantitative estimate of drug-likeness (QED) is 0.714. The van der Waals surface area contributed by atoms with Gasteiger partial charge in [0, 0.05) is 37.8 Å². The van der Waals surface area contributed by atoms with Crippen molar-refractivity contribution in [3.63, 3.8) is 0 Å². The van der Waals surface area contributed by atoms with E-state index in [4.69, 9.17) is 9.47 Å². The van der Waals surface area contributed by atoms with Crippen LogP contribution in [0.4, 0.5) is 0 Å². The molecule has 5 heteroatoms. The summed E-state index contributed by atoms with van der Waals surface area (Å²) in [4.78, 5) is 0. The van der Waals surface area contributed by atoms with Crippen molar-refractivity contribution >= 4 is 0 Å². The van der Waals surface area contributed by atoms with Crippen molar-refractivity contribution in [2.75, 3.05) is 26.9 Å². The van der Waals surface area contributed by atoms with Crippen LogP contribution in [0.5, 0.6) is 5.75 Å². The van der Waals surface area contributed by atoms with E-state index in [1.165, 1.54) is 0 Å². The van der Waals surface area contributed by atoms with E-state index in [2.05, 4.69) is 5.32 Å². The van der Waals surface area contributed by atoms with Gasteiger partial charge in [-0.1, -0.05) is 18.2 Å². The van der Waals surface area contributed by atoms with E-state index in [-0.39, 0.29) is 6.04 Å². The summed E-state index contributed by atoms with van der Waals surface area (Å²) in [6.07, 6.45) is 0.973. The molecule has 1 aliphatic heterocycles. The smallest absolute Gasteiger partial charge is 0.123 e. The lowest BCUT2D eigenvalue weighted by Gasteiger charge is -2.34. The molecule has 0 bridgehead atoms. The third-order valence-electron chi connectivity index (χ3n) is 4.30. The topological polar surface area (TPSA) is 71.0 Å². The third-order valence-corrected chi connectivity index (χ3v) is 4.30. The Hall–Kier alpha value is -1.14. The molecule has 1 saturated heterocycles. The zero-order chi connectivity index (χ0) is 16.0. The number of rotatable bonds is 7. The van der Waals surface area contributed by atoms with Crippen LogP contribution in [0.15, 0.2) is 24.3 Å². The number of ether oxygens (including phenoxy) is 2. The highest BCUT2D eigenvalue weighted by molar-refractivity contribution is 5.35. The third kappa shape index (κ3) is 4.68. The summed E-state index contributed by atoms with van der Waals surface area (Å²) in [5.74, 6) is 0.833. The molecule has 2 rings (SSSR count). The van der Waals surface area contributed by atoms with Gasteiger partial charge in [0.05, 0.1) is 18.8 Å². The lowest BCUT2D eigenvalue weighted by atomic mass is 9.88. The fourth-order valence-electron chi connectivity index (χ4n) is 2.91. The SMILES string of the molecule is COc1ccccc1C(C)NCC(O)CC1(O)CCOCC1. The summed E-state index contributed by atoms with van der Waals surface area (Å²) in [5, 5.41) is 23.9. The predicted molar refractivity (Wildman–Crippen MR) is 85.0 cm³/mol. The molecule has 5 nitrogen and oxygen atoms in total. The van der Waals surface area contributed by atoms with E-state index < -0.39 is 11.7 Å². The van der Waals surface area contributed by atoms with Crippen molar-refractivity contribution in [1.82, 2.24) is 5.32 Å². The molecule has 0 amide bonds. The standard InChI is InChI=1S/C17H27NO4/c1-13(15-5-3-4-6-16(15)21-2)18-12-14(19)11-17(20)7-9-22-10-8-17/h3-6,13-14,18-20H,7-12H2,1-2H3. The maximum atomic E-state index is 10.4. The van der Waals surface area contributed by atoms with E-state index >= 15 is 0 Å². The number of benzene rings is 1. The summed E-state index contributed by atoms with van der Waals surface area (Å²) in [6, 6.07) is 7.90. The zero-order valence-electron chi connectivity index (χ0n) is 13.4. The second-order valence-electron chi connectivity index (χ2n) is 6.07. The molecule has 0 aliphatic carbocycles. The van der Waals surface area contributed by atoms with Gasteiger partial charge in [-0.15, -0.1) is 0 Å². The van der Waals surface area contributed by atoms with Crippen LogP contribution in [0.3, 0.4) is 0 Å². The van der Waals surface area contributed by atoms with Crippen molar-refractivity contribution in [3.8, 4) is 5.75 Å². The first-order valence-corrected chi connectivity index (χ1v) is 7.88. The molecule has 3 N–H and O–H groups in total. The van der Waals surface area contributed by atoms with Gasteiger partial charge in [0.1, 0.15) is 5.75 Å². The van der Waals surface area contributed by atoms with E-state index in [1.54, 1.807) is 7.11 Å². The number of hydrogen-bond acceptors (Lipinski definition) is 5. The minimum Gasteiger partial charge on any atom is -0.496 e. The van der Waals surface area contributed by atoms with Gasteiger partial charge in [-0.3, -0.25) is 0 Å². The van der Waals surface area contributed by atoms with E-state index in [1.807, 2.05) is 31.2 Å². The van der Waals surface area contributed by atoms with Crippen LogP contribution in [0, 0.1) is 0 Å². The number of hydrogen-bond donors (Lipinski definition) is 3. The van der Waals surface area contributed by atoms with Gasteiger partial charge in [0.2, 0.25) is 0 Å². The minimum atomic E-state index is -0.799. The van der Waals surface area contributed by atoms with E-state index in [0.717, 1.165) is 11.3 Å². The maximum absolute atomic E-state index is 10.4. The molecule has 0 saturated carbocycles.